The van der Waals surface area contributed by atoms with E-state index < -0.39 is 0 Å². The second-order valence-electron chi connectivity index (χ2n) is 4.04. The summed E-state index contributed by atoms with van der Waals surface area (Å²) in [4.78, 5) is 12.9. The molecule has 1 atom stereocenters. The summed E-state index contributed by atoms with van der Waals surface area (Å²) in [6.07, 6.45) is 0.789. The molecule has 0 saturated heterocycles. The third-order valence-corrected chi connectivity index (χ3v) is 4.04. The van der Waals surface area contributed by atoms with Crippen LogP contribution >= 0.6 is 11.8 Å². The summed E-state index contributed by atoms with van der Waals surface area (Å²) in [6, 6.07) is 6.30. The smallest absolute Gasteiger partial charge is 0.319 e. The van der Waals surface area contributed by atoms with Crippen LogP contribution in [-0.2, 0) is 9.53 Å². The molecule has 0 aliphatic carbocycles. The van der Waals surface area contributed by atoms with E-state index in [1.165, 1.54) is 11.1 Å². The van der Waals surface area contributed by atoms with Crippen LogP contribution in [0.15, 0.2) is 23.1 Å². The number of benzene rings is 1. The minimum Gasteiger partial charge on any atom is -0.465 e. The van der Waals surface area contributed by atoms with Crippen molar-refractivity contribution in [1.29, 1.82) is 0 Å². The van der Waals surface area contributed by atoms with Gasteiger partial charge in [-0.3, -0.25) is 4.79 Å². The molecule has 1 unspecified atom stereocenters. The summed E-state index contributed by atoms with van der Waals surface area (Å²) in [5.41, 5.74) is 2.47. The number of thioether (sulfide) groups is 1. The molecule has 1 aromatic rings. The topological polar surface area (TPSA) is 26.3 Å². The average molecular weight is 252 g/mol. The first kappa shape index (κ1) is 14.1. The largest absolute Gasteiger partial charge is 0.465 e. The normalized spacial score (nSPS) is 12.2. The Morgan fingerprint density at radius 3 is 2.59 bits per heavy atom. The van der Waals surface area contributed by atoms with Gasteiger partial charge in [-0.05, 0) is 38.8 Å². The Morgan fingerprint density at radius 2 is 2.06 bits per heavy atom. The van der Waals surface area contributed by atoms with Crippen molar-refractivity contribution in [3.63, 3.8) is 0 Å². The molecule has 0 aliphatic rings. The lowest BCUT2D eigenvalue weighted by Crippen LogP contribution is -2.19. The van der Waals surface area contributed by atoms with Crippen LogP contribution < -0.4 is 0 Å². The van der Waals surface area contributed by atoms with Crippen molar-refractivity contribution >= 4 is 17.7 Å². The summed E-state index contributed by atoms with van der Waals surface area (Å²) in [5.74, 6) is -0.111. The molecule has 1 rings (SSSR count). The minimum atomic E-state index is -0.111. The molecule has 1 aromatic carbocycles. The highest BCUT2D eigenvalue weighted by Crippen LogP contribution is 2.29. The molecule has 0 aromatic heterocycles. The zero-order chi connectivity index (χ0) is 12.8. The van der Waals surface area contributed by atoms with E-state index in [-0.39, 0.29) is 11.2 Å². The van der Waals surface area contributed by atoms with Gasteiger partial charge in [0.1, 0.15) is 5.25 Å². The molecule has 0 aliphatic heterocycles. The molecule has 0 fully saturated rings. The zero-order valence-corrected chi connectivity index (χ0v) is 11.8. The average Bonchev–Trinajstić information content (AvgIpc) is 2.28. The molecule has 0 spiro atoms. The van der Waals surface area contributed by atoms with Crippen molar-refractivity contribution in [3.8, 4) is 0 Å². The number of carbonyl (C=O) groups is 1. The fraction of sp³-hybridized carbons (Fsp3) is 0.500. The van der Waals surface area contributed by atoms with Crippen LogP contribution in [0.1, 0.15) is 31.4 Å². The van der Waals surface area contributed by atoms with Gasteiger partial charge in [-0.15, -0.1) is 11.8 Å². The van der Waals surface area contributed by atoms with Gasteiger partial charge < -0.3 is 4.74 Å². The summed E-state index contributed by atoms with van der Waals surface area (Å²) in [7, 11) is 0. The Bertz CT molecular complexity index is 388. The number of ether oxygens (including phenoxy) is 1. The predicted molar refractivity (Wildman–Crippen MR) is 72.5 cm³/mol. The first-order valence-electron chi connectivity index (χ1n) is 5.99. The lowest BCUT2D eigenvalue weighted by molar-refractivity contribution is -0.142. The summed E-state index contributed by atoms with van der Waals surface area (Å²) in [5, 5.41) is -0.101. The standard InChI is InChI=1S/C14H20O2S/c1-5-12(14(15)16-6-2)17-13-8-7-10(3)9-11(13)4/h7-9,12H,5-6H2,1-4H3. The molecule has 0 heterocycles. The van der Waals surface area contributed by atoms with Crippen LogP contribution in [0.3, 0.4) is 0 Å². The molecule has 0 amide bonds. The number of carbonyl (C=O) groups excluding carboxylic acids is 1. The van der Waals surface area contributed by atoms with Crippen molar-refractivity contribution in [3.05, 3.63) is 29.3 Å². The molecule has 17 heavy (non-hydrogen) atoms. The van der Waals surface area contributed by atoms with Crippen LogP contribution in [0.5, 0.6) is 0 Å². The highest BCUT2D eigenvalue weighted by molar-refractivity contribution is 8.00. The van der Waals surface area contributed by atoms with Gasteiger partial charge in [0, 0.05) is 4.90 Å². The van der Waals surface area contributed by atoms with Crippen molar-refractivity contribution in [2.75, 3.05) is 6.61 Å². The van der Waals surface area contributed by atoms with Crippen molar-refractivity contribution in [1.82, 2.24) is 0 Å². The first-order chi connectivity index (χ1) is 8.08. The van der Waals surface area contributed by atoms with Crippen LogP contribution in [0.4, 0.5) is 0 Å². The van der Waals surface area contributed by atoms with Gasteiger partial charge in [0.15, 0.2) is 0 Å². The van der Waals surface area contributed by atoms with Gasteiger partial charge in [-0.1, -0.05) is 24.6 Å². The number of hydrogen-bond acceptors (Lipinski definition) is 3. The molecule has 0 N–H and O–H groups in total. The fourth-order valence-electron chi connectivity index (χ4n) is 1.62. The maximum absolute atomic E-state index is 11.7. The van der Waals surface area contributed by atoms with Crippen LogP contribution in [-0.4, -0.2) is 17.8 Å². The Hall–Kier alpha value is -0.960. The molecule has 0 bridgehead atoms. The highest BCUT2D eigenvalue weighted by Gasteiger charge is 2.19. The number of hydrogen-bond donors (Lipinski definition) is 0. The predicted octanol–water partition coefficient (Wildman–Crippen LogP) is 3.74. The van der Waals surface area contributed by atoms with E-state index in [0.29, 0.717) is 6.61 Å². The lowest BCUT2D eigenvalue weighted by Gasteiger charge is -2.14. The monoisotopic (exact) mass is 252 g/mol. The Kier molecular flexibility index (Phi) is 5.56. The Labute approximate surface area is 108 Å². The maximum atomic E-state index is 11.7. The SMILES string of the molecule is CCOC(=O)C(CC)Sc1ccc(C)cc1C. The Morgan fingerprint density at radius 1 is 1.35 bits per heavy atom. The Balaban J connectivity index is 2.77. The molecule has 0 radical (unpaired) electrons. The van der Waals surface area contributed by atoms with E-state index in [1.807, 2.05) is 13.8 Å². The second kappa shape index (κ2) is 6.70. The summed E-state index contributed by atoms with van der Waals surface area (Å²) < 4.78 is 5.07. The maximum Gasteiger partial charge on any atom is 0.319 e. The molecule has 3 heteroatoms. The van der Waals surface area contributed by atoms with E-state index in [9.17, 15) is 4.79 Å². The lowest BCUT2D eigenvalue weighted by atomic mass is 10.2. The van der Waals surface area contributed by atoms with Crippen molar-refractivity contribution < 1.29 is 9.53 Å². The minimum absolute atomic E-state index is 0.101. The van der Waals surface area contributed by atoms with Gasteiger partial charge in [0.25, 0.3) is 0 Å². The molecule has 2 nitrogen and oxygen atoms in total. The molecular formula is C14H20O2S. The quantitative estimate of drug-likeness (QED) is 0.590. The number of esters is 1. The number of aryl methyl sites for hydroxylation is 2. The van der Waals surface area contributed by atoms with E-state index in [4.69, 9.17) is 4.74 Å². The first-order valence-corrected chi connectivity index (χ1v) is 6.87. The highest BCUT2D eigenvalue weighted by atomic mass is 32.2. The van der Waals surface area contributed by atoms with Crippen LogP contribution in [0.2, 0.25) is 0 Å². The van der Waals surface area contributed by atoms with Gasteiger partial charge in [-0.25, -0.2) is 0 Å². The van der Waals surface area contributed by atoms with E-state index in [2.05, 4.69) is 32.0 Å². The molecule has 94 valence electrons. The van der Waals surface area contributed by atoms with Gasteiger partial charge in [-0.2, -0.15) is 0 Å². The van der Waals surface area contributed by atoms with E-state index in [1.54, 1.807) is 11.8 Å². The van der Waals surface area contributed by atoms with Crippen LogP contribution in [0.25, 0.3) is 0 Å². The third kappa shape index (κ3) is 4.08. The van der Waals surface area contributed by atoms with Gasteiger partial charge in [0.05, 0.1) is 6.61 Å². The van der Waals surface area contributed by atoms with Crippen molar-refractivity contribution in [2.24, 2.45) is 0 Å². The second-order valence-corrected chi connectivity index (χ2v) is 5.28. The number of rotatable bonds is 5. The molecular weight excluding hydrogens is 232 g/mol. The van der Waals surface area contributed by atoms with Crippen molar-refractivity contribution in [2.45, 2.75) is 44.3 Å². The van der Waals surface area contributed by atoms with Gasteiger partial charge in [0.2, 0.25) is 0 Å². The van der Waals surface area contributed by atoms with E-state index >= 15 is 0 Å². The third-order valence-electron chi connectivity index (χ3n) is 2.52. The van der Waals surface area contributed by atoms with Gasteiger partial charge >= 0.3 is 5.97 Å². The zero-order valence-electron chi connectivity index (χ0n) is 10.9. The summed E-state index contributed by atoms with van der Waals surface area (Å²) in [6.45, 7) is 8.45. The molecule has 0 saturated carbocycles. The fourth-order valence-corrected chi connectivity index (χ4v) is 2.65. The van der Waals surface area contributed by atoms with Crippen LogP contribution in [0, 0.1) is 13.8 Å². The summed E-state index contributed by atoms with van der Waals surface area (Å²) >= 11 is 1.60. The van der Waals surface area contributed by atoms with E-state index in [0.717, 1.165) is 11.3 Å².